The molecule has 3 rings (SSSR count). The number of hydrogen-bond acceptors (Lipinski definition) is 2. The molecule has 2 nitrogen and oxygen atoms in total. The maximum atomic E-state index is 5.05. The summed E-state index contributed by atoms with van der Waals surface area (Å²) in [5.41, 5.74) is 1.46. The molecule has 142 valence electrons. The molecule has 3 saturated carbocycles. The molecule has 3 fully saturated rings. The van der Waals surface area contributed by atoms with E-state index in [0.717, 1.165) is 31.1 Å². The van der Waals surface area contributed by atoms with Crippen LogP contribution in [0, 0.1) is 35.5 Å². The summed E-state index contributed by atoms with van der Waals surface area (Å²) in [4.78, 5) is 9.65. The van der Waals surface area contributed by atoms with Crippen molar-refractivity contribution in [3.05, 3.63) is 12.2 Å². The maximum absolute atomic E-state index is 5.05. The van der Waals surface area contributed by atoms with Gasteiger partial charge in [-0.3, -0.25) is 0 Å². The van der Waals surface area contributed by atoms with Gasteiger partial charge >= 0.3 is 176 Å². The zero-order valence-electron chi connectivity index (χ0n) is 16.6. The first kappa shape index (κ1) is 20.7. The van der Waals surface area contributed by atoms with Crippen molar-refractivity contribution in [1.82, 2.24) is 0 Å². The van der Waals surface area contributed by atoms with E-state index in [-0.39, 0.29) is 11.1 Å². The Hall–Kier alpha value is -0.0610. The normalized spacial score (nSPS) is 42.2. The predicted molar refractivity (Wildman–Crippen MR) is 112 cm³/mol. The third-order valence-electron chi connectivity index (χ3n) is 7.81. The van der Waals surface area contributed by atoms with Crippen molar-refractivity contribution in [2.45, 2.75) is 77.3 Å². The second kappa shape index (κ2) is 7.75. The van der Waals surface area contributed by atoms with Crippen LogP contribution in [0.15, 0.2) is 22.1 Å². The average Bonchev–Trinajstić information content (AvgIpc) is 2.55. The molecule has 0 unspecified atom stereocenters. The molecule has 0 aromatic carbocycles. The van der Waals surface area contributed by atoms with Gasteiger partial charge in [0.2, 0.25) is 0 Å². The van der Waals surface area contributed by atoms with Gasteiger partial charge in [-0.25, -0.2) is 0 Å². The van der Waals surface area contributed by atoms with Crippen molar-refractivity contribution >= 4 is 40.6 Å². The molecular formula is C22H32N2Se2. The van der Waals surface area contributed by atoms with Gasteiger partial charge in [0.05, 0.1) is 0 Å². The van der Waals surface area contributed by atoms with E-state index in [9.17, 15) is 0 Å². The molecule has 0 heterocycles. The van der Waals surface area contributed by atoms with E-state index in [2.05, 4.69) is 79.8 Å². The van der Waals surface area contributed by atoms with E-state index in [1.807, 2.05) is 0 Å². The van der Waals surface area contributed by atoms with Gasteiger partial charge < -0.3 is 0 Å². The van der Waals surface area contributed by atoms with Gasteiger partial charge in [-0.05, 0) is 0 Å². The standard InChI is InChI=1S/C22H32N2Se2/c1-14-8-9-22(24-13-26)16(3)6-7-18-15(2)10-17(19(14)20(18)22)11-21(4,5)23-12-25/h15-20H,1,6-11H2,2-5H3/t15-,16-,17-,18+,19-,20-,22-/m0/s1. The summed E-state index contributed by atoms with van der Waals surface area (Å²) in [6.07, 6.45) is 7.33. The number of rotatable bonds is 4. The third kappa shape index (κ3) is 3.51. The third-order valence-corrected chi connectivity index (χ3v) is 8.19. The van der Waals surface area contributed by atoms with Crippen molar-refractivity contribution in [3.8, 4) is 0 Å². The van der Waals surface area contributed by atoms with Gasteiger partial charge in [0.25, 0.3) is 0 Å². The summed E-state index contributed by atoms with van der Waals surface area (Å²) in [6.45, 7) is 14.0. The van der Waals surface area contributed by atoms with Crippen LogP contribution in [-0.4, -0.2) is 51.7 Å². The zero-order chi connectivity index (χ0) is 19.1. The van der Waals surface area contributed by atoms with Crippen molar-refractivity contribution < 1.29 is 0 Å². The van der Waals surface area contributed by atoms with Crippen molar-refractivity contribution in [3.63, 3.8) is 0 Å². The van der Waals surface area contributed by atoms with Gasteiger partial charge in [0.1, 0.15) is 0 Å². The molecule has 0 amide bonds. The minimum absolute atomic E-state index is 0.0605. The van der Waals surface area contributed by atoms with Gasteiger partial charge in [-0.1, -0.05) is 0 Å². The van der Waals surface area contributed by atoms with Gasteiger partial charge in [0, 0.05) is 0 Å². The summed E-state index contributed by atoms with van der Waals surface area (Å²) in [5, 5.41) is 0. The van der Waals surface area contributed by atoms with E-state index >= 15 is 0 Å². The SMILES string of the molecule is C=C1CC[C@@]2(N=C=[Se])[C@H]3[C@H](CC[C@@H]2C)[C@@H](C)C[C@@H](CC(C)(C)N=C=[Se])[C@H]13. The number of nitrogens with zero attached hydrogens (tertiary/aromatic N) is 2. The Morgan fingerprint density at radius 1 is 1.23 bits per heavy atom. The number of allylic oxidation sites excluding steroid dienone is 1. The fourth-order valence-corrected chi connectivity index (χ4v) is 7.63. The first-order valence-corrected chi connectivity index (χ1v) is 11.8. The van der Waals surface area contributed by atoms with Crippen LogP contribution in [0.5, 0.6) is 0 Å². The Balaban J connectivity index is 2.04. The Morgan fingerprint density at radius 2 is 1.96 bits per heavy atom. The quantitative estimate of drug-likeness (QED) is 0.324. The van der Waals surface area contributed by atoms with Crippen LogP contribution >= 0.6 is 0 Å². The van der Waals surface area contributed by atoms with Crippen LogP contribution in [0.3, 0.4) is 0 Å². The van der Waals surface area contributed by atoms with Crippen molar-refractivity contribution in [1.29, 1.82) is 0 Å². The molecular weight excluding hydrogens is 450 g/mol. The molecule has 0 N–H and O–H groups in total. The summed E-state index contributed by atoms with van der Waals surface area (Å²) in [5.74, 6) is 4.02. The Labute approximate surface area is 175 Å². The fraction of sp³-hybridized carbons (Fsp3) is 0.818. The van der Waals surface area contributed by atoms with E-state index in [1.54, 1.807) is 0 Å². The fourth-order valence-electron chi connectivity index (χ4n) is 6.75. The first-order chi connectivity index (χ1) is 12.3. The van der Waals surface area contributed by atoms with Crippen molar-refractivity contribution in [2.24, 2.45) is 45.5 Å². The van der Waals surface area contributed by atoms with Crippen LogP contribution < -0.4 is 0 Å². The van der Waals surface area contributed by atoms with E-state index < -0.39 is 0 Å². The molecule has 0 aliphatic heterocycles. The van der Waals surface area contributed by atoms with Gasteiger partial charge in [-0.15, -0.1) is 0 Å². The van der Waals surface area contributed by atoms with Crippen molar-refractivity contribution in [2.75, 3.05) is 0 Å². The second-order valence-corrected chi connectivity index (χ2v) is 10.5. The van der Waals surface area contributed by atoms with E-state index in [0.29, 0.717) is 23.7 Å². The number of aliphatic imine (C=N–C) groups is 2. The first-order valence-electron chi connectivity index (χ1n) is 10.1. The monoisotopic (exact) mass is 484 g/mol. The molecule has 3 aliphatic carbocycles. The van der Waals surface area contributed by atoms with Crippen LogP contribution in [0.2, 0.25) is 0 Å². The van der Waals surface area contributed by atoms with Crippen LogP contribution in [0.1, 0.15) is 66.2 Å². The topological polar surface area (TPSA) is 24.7 Å². The van der Waals surface area contributed by atoms with Crippen LogP contribution in [0.4, 0.5) is 0 Å². The second-order valence-electron chi connectivity index (χ2n) is 9.74. The molecule has 0 spiro atoms. The molecule has 7 atom stereocenters. The van der Waals surface area contributed by atoms with Crippen LogP contribution in [0.25, 0.3) is 0 Å². The summed E-state index contributed by atoms with van der Waals surface area (Å²) >= 11 is 5.74. The summed E-state index contributed by atoms with van der Waals surface area (Å²) < 4.78 is 6.01. The molecule has 0 aromatic rings. The molecule has 3 aliphatic rings. The zero-order valence-corrected chi connectivity index (χ0v) is 20.1. The van der Waals surface area contributed by atoms with Gasteiger partial charge in [0.15, 0.2) is 0 Å². The van der Waals surface area contributed by atoms with Gasteiger partial charge in [-0.2, -0.15) is 0 Å². The Bertz CT molecular complexity index is 672. The number of hydrogen-bond donors (Lipinski definition) is 0. The molecule has 4 heteroatoms. The molecule has 0 radical (unpaired) electrons. The summed E-state index contributed by atoms with van der Waals surface area (Å²) in [7, 11) is 0. The Kier molecular flexibility index (Phi) is 6.16. The Morgan fingerprint density at radius 3 is 2.62 bits per heavy atom. The van der Waals surface area contributed by atoms with Crippen LogP contribution in [-0.2, 0) is 0 Å². The van der Waals surface area contributed by atoms with E-state index in [1.165, 1.54) is 24.8 Å². The average molecular weight is 482 g/mol. The molecule has 0 saturated heterocycles. The molecule has 26 heavy (non-hydrogen) atoms. The molecule has 0 aromatic heterocycles. The van der Waals surface area contributed by atoms with E-state index in [4.69, 9.17) is 4.99 Å². The predicted octanol–water partition coefficient (Wildman–Crippen LogP) is 4.33. The molecule has 0 bridgehead atoms. The minimum atomic E-state index is -0.0724. The summed E-state index contributed by atoms with van der Waals surface area (Å²) in [6, 6.07) is 0.